The fourth-order valence-corrected chi connectivity index (χ4v) is 5.91. The number of carbonyl (C=O) groups is 3. The van der Waals surface area contributed by atoms with Crippen molar-refractivity contribution in [2.24, 2.45) is 0 Å². The van der Waals surface area contributed by atoms with E-state index < -0.39 is 57.6 Å². The zero-order valence-corrected chi connectivity index (χ0v) is 32.1. The first-order valence-corrected chi connectivity index (χ1v) is 20.9. The van der Waals surface area contributed by atoms with Gasteiger partial charge in [0, 0.05) is 12.8 Å². The molecule has 0 saturated heterocycles. The molecule has 0 aromatic rings. The van der Waals surface area contributed by atoms with E-state index in [4.69, 9.17) is 13.8 Å². The Morgan fingerprint density at radius 3 is 1.60 bits per heavy atom. The van der Waals surface area contributed by atoms with Crippen molar-refractivity contribution in [1.29, 1.82) is 0 Å². The molecule has 3 unspecified atom stereocenters. The average Bonchev–Trinajstić information content (AvgIpc) is 3.08. The number of nitrogens with one attached hydrogen (secondary N) is 1. The third kappa shape index (κ3) is 33.1. The number of ether oxygens (including phenoxy) is 1. The molecule has 12 heteroatoms. The van der Waals surface area contributed by atoms with Crippen molar-refractivity contribution < 1.29 is 47.8 Å². The van der Waals surface area contributed by atoms with E-state index >= 15 is 0 Å². The molecule has 0 aromatic heterocycles. The fourth-order valence-electron chi connectivity index (χ4n) is 5.13. The van der Waals surface area contributed by atoms with Crippen LogP contribution in [0.3, 0.4) is 0 Å². The summed E-state index contributed by atoms with van der Waals surface area (Å²) in [5, 5.41) is 21.7. The van der Waals surface area contributed by atoms with Crippen molar-refractivity contribution in [3.8, 4) is 0 Å². The van der Waals surface area contributed by atoms with Crippen LogP contribution in [0.2, 0.25) is 0 Å². The monoisotopic (exact) mass is 731 g/mol. The Morgan fingerprint density at radius 2 is 1.08 bits per heavy atom. The first-order chi connectivity index (χ1) is 24.1. The summed E-state index contributed by atoms with van der Waals surface area (Å²) in [6.45, 7) is 2.48. The second kappa shape index (κ2) is 34.1. The maximum Gasteiger partial charge on any atom is 0.472 e. The number of hydrogen-bond donors (Lipinski definition) is 4. The molecule has 0 radical (unpaired) electrons. The van der Waals surface area contributed by atoms with Crippen molar-refractivity contribution >= 4 is 25.7 Å². The molecule has 0 bridgehead atoms. The summed E-state index contributed by atoms with van der Waals surface area (Å²) < 4.78 is 26.7. The highest BCUT2D eigenvalue weighted by atomic mass is 31.2. The maximum absolute atomic E-state index is 12.2. The molecule has 0 spiro atoms. The minimum absolute atomic E-state index is 0.135. The van der Waals surface area contributed by atoms with Crippen LogP contribution in [0.4, 0.5) is 0 Å². The third-order valence-corrected chi connectivity index (χ3v) is 9.14. The van der Waals surface area contributed by atoms with Crippen molar-refractivity contribution in [1.82, 2.24) is 5.32 Å². The lowest BCUT2D eigenvalue weighted by Crippen LogP contribution is -2.43. The first-order valence-electron chi connectivity index (χ1n) is 19.4. The molecular formula is C38H70NO10P. The van der Waals surface area contributed by atoms with Gasteiger partial charge in [-0.05, 0) is 57.8 Å². The summed E-state index contributed by atoms with van der Waals surface area (Å²) in [4.78, 5) is 45.6. The molecule has 0 aliphatic heterocycles. The Kier molecular flexibility index (Phi) is 32.7. The number of amides is 1. The normalized spacial score (nSPS) is 14.2. The number of esters is 1. The minimum atomic E-state index is -4.75. The first kappa shape index (κ1) is 48.0. The number of phosphoric acid groups is 1. The number of carboxylic acid groups (broad SMARTS) is 1. The number of hydrogen-bond acceptors (Lipinski definition) is 8. The Bertz CT molecular complexity index is 958. The summed E-state index contributed by atoms with van der Waals surface area (Å²) in [5.74, 6) is -2.40. The Hall–Kier alpha value is -2.04. The van der Waals surface area contributed by atoms with Gasteiger partial charge in [0.05, 0.1) is 13.2 Å². The van der Waals surface area contributed by atoms with Gasteiger partial charge in [-0.2, -0.15) is 0 Å². The molecule has 1 amide bonds. The molecule has 0 aromatic carbocycles. The van der Waals surface area contributed by atoms with Crippen LogP contribution in [0.5, 0.6) is 0 Å². The van der Waals surface area contributed by atoms with Crippen LogP contribution in [-0.2, 0) is 32.7 Å². The van der Waals surface area contributed by atoms with Crippen molar-refractivity contribution in [2.75, 3.05) is 19.8 Å². The van der Waals surface area contributed by atoms with Crippen molar-refractivity contribution in [3.05, 3.63) is 24.3 Å². The second-order valence-electron chi connectivity index (χ2n) is 13.1. The van der Waals surface area contributed by atoms with Gasteiger partial charge in [-0.3, -0.25) is 18.6 Å². The standard InChI is InChI=1S/C38H70NO10P/c1-3-5-7-9-11-13-15-16-17-18-19-20-22-24-26-28-30-37(42)47-31-34(40)32-48-50(45,46)49-33-35(38(43)44)39-36(41)29-27-25-23-21-14-12-10-8-6-4-2/h8,10,17-18,34-35,40H,3-7,9,11-16,19-33H2,1-2H3,(H,39,41)(H,43,44)(H,45,46)/b10-8-,18-17-. The molecule has 50 heavy (non-hydrogen) atoms. The maximum atomic E-state index is 12.2. The van der Waals surface area contributed by atoms with E-state index in [0.29, 0.717) is 12.8 Å². The molecule has 0 heterocycles. The van der Waals surface area contributed by atoms with Crippen LogP contribution < -0.4 is 5.32 Å². The molecule has 0 fully saturated rings. The quantitative estimate of drug-likeness (QED) is 0.0211. The van der Waals surface area contributed by atoms with Crippen LogP contribution in [0.15, 0.2) is 24.3 Å². The van der Waals surface area contributed by atoms with Gasteiger partial charge in [0.15, 0.2) is 6.04 Å². The molecule has 0 rings (SSSR count). The van der Waals surface area contributed by atoms with Crippen LogP contribution >= 0.6 is 7.82 Å². The SMILES string of the molecule is CCC/C=C\CCCCCCCC(=O)NC(COP(=O)(O)OCC(O)COC(=O)CCCCCCC/C=C\CCCCCCCCC)C(=O)O. The lowest BCUT2D eigenvalue weighted by molar-refractivity contribution is -0.147. The third-order valence-electron chi connectivity index (χ3n) is 8.19. The van der Waals surface area contributed by atoms with Gasteiger partial charge in [0.1, 0.15) is 12.7 Å². The Morgan fingerprint density at radius 1 is 0.620 bits per heavy atom. The van der Waals surface area contributed by atoms with E-state index in [0.717, 1.165) is 83.5 Å². The summed E-state index contributed by atoms with van der Waals surface area (Å²) in [7, 11) is -4.75. The number of allylic oxidation sites excluding steroid dienone is 4. The largest absolute Gasteiger partial charge is 0.480 e. The fraction of sp³-hybridized carbons (Fsp3) is 0.816. The summed E-state index contributed by atoms with van der Waals surface area (Å²) in [5.41, 5.74) is 0. The average molecular weight is 732 g/mol. The number of rotatable bonds is 36. The second-order valence-corrected chi connectivity index (χ2v) is 14.6. The number of unbranched alkanes of at least 4 members (excludes halogenated alkanes) is 18. The number of carboxylic acids is 1. The predicted molar refractivity (Wildman–Crippen MR) is 199 cm³/mol. The number of phosphoric ester groups is 1. The van der Waals surface area contributed by atoms with Gasteiger partial charge < -0.3 is 25.2 Å². The predicted octanol–water partition coefficient (Wildman–Crippen LogP) is 9.11. The highest BCUT2D eigenvalue weighted by Gasteiger charge is 2.28. The number of aliphatic hydroxyl groups excluding tert-OH is 1. The van der Waals surface area contributed by atoms with E-state index in [2.05, 4.69) is 43.5 Å². The summed E-state index contributed by atoms with van der Waals surface area (Å²) >= 11 is 0. The topological polar surface area (TPSA) is 169 Å². The van der Waals surface area contributed by atoms with Crippen molar-refractivity contribution in [3.63, 3.8) is 0 Å². The Balaban J connectivity index is 3.94. The van der Waals surface area contributed by atoms with Gasteiger partial charge >= 0.3 is 19.8 Å². The lowest BCUT2D eigenvalue weighted by atomic mass is 10.1. The molecule has 11 nitrogen and oxygen atoms in total. The van der Waals surface area contributed by atoms with Crippen LogP contribution in [0.25, 0.3) is 0 Å². The van der Waals surface area contributed by atoms with Gasteiger partial charge in [-0.25, -0.2) is 9.36 Å². The van der Waals surface area contributed by atoms with Crippen LogP contribution in [0, 0.1) is 0 Å². The van der Waals surface area contributed by atoms with Crippen LogP contribution in [0.1, 0.15) is 168 Å². The van der Waals surface area contributed by atoms with E-state index in [1.807, 2.05) is 0 Å². The van der Waals surface area contributed by atoms with E-state index in [9.17, 15) is 34.1 Å². The van der Waals surface area contributed by atoms with E-state index in [1.54, 1.807) is 0 Å². The molecule has 0 saturated carbocycles. The molecule has 3 atom stereocenters. The van der Waals surface area contributed by atoms with E-state index in [-0.39, 0.29) is 12.8 Å². The molecule has 0 aliphatic rings. The lowest BCUT2D eigenvalue weighted by Gasteiger charge is -2.18. The Labute approximate surface area is 302 Å². The minimum Gasteiger partial charge on any atom is -0.480 e. The summed E-state index contributed by atoms with van der Waals surface area (Å²) in [6.07, 6.45) is 32.2. The number of aliphatic hydroxyl groups is 1. The van der Waals surface area contributed by atoms with Gasteiger partial charge in [-0.15, -0.1) is 0 Å². The zero-order valence-electron chi connectivity index (χ0n) is 31.2. The molecule has 292 valence electrons. The number of aliphatic carboxylic acids is 1. The zero-order chi connectivity index (χ0) is 37.1. The smallest absolute Gasteiger partial charge is 0.472 e. The summed E-state index contributed by atoms with van der Waals surface area (Å²) in [6, 6.07) is -1.55. The highest BCUT2D eigenvalue weighted by Crippen LogP contribution is 2.43. The van der Waals surface area contributed by atoms with Gasteiger partial charge in [0.2, 0.25) is 5.91 Å². The molecule has 0 aliphatic carbocycles. The molecule has 4 N–H and O–H groups in total. The highest BCUT2D eigenvalue weighted by molar-refractivity contribution is 7.47. The van der Waals surface area contributed by atoms with E-state index in [1.165, 1.54) is 44.9 Å². The number of carbonyl (C=O) groups excluding carboxylic acids is 2. The van der Waals surface area contributed by atoms with Crippen molar-refractivity contribution in [2.45, 2.75) is 180 Å². The molecular weight excluding hydrogens is 661 g/mol. The van der Waals surface area contributed by atoms with Gasteiger partial charge in [0.25, 0.3) is 0 Å². The van der Waals surface area contributed by atoms with Crippen LogP contribution in [-0.4, -0.2) is 64.9 Å². The van der Waals surface area contributed by atoms with Gasteiger partial charge in [-0.1, -0.05) is 122 Å².